The third-order valence-electron chi connectivity index (χ3n) is 5.18. The summed E-state index contributed by atoms with van der Waals surface area (Å²) in [5.41, 5.74) is 1.61. The van der Waals surface area contributed by atoms with Crippen molar-refractivity contribution in [2.75, 3.05) is 18.5 Å². The molecule has 0 unspecified atom stereocenters. The molecule has 1 fully saturated rings. The van der Waals surface area contributed by atoms with Gasteiger partial charge in [-0.05, 0) is 38.5 Å². The lowest BCUT2D eigenvalue weighted by molar-refractivity contribution is -0.137. The molecule has 0 amide bonds. The molecule has 0 radical (unpaired) electrons. The number of nitrogens with one attached hydrogen (secondary N) is 1. The number of rotatable bonds is 5. The number of alkyl halides is 3. The average Bonchev–Trinajstić information content (AvgIpc) is 3.22. The molecular weight excluding hydrogens is 411 g/mol. The van der Waals surface area contributed by atoms with Gasteiger partial charge in [0.2, 0.25) is 0 Å². The van der Waals surface area contributed by atoms with Crippen LogP contribution in [0.4, 0.5) is 19.0 Å². The van der Waals surface area contributed by atoms with Gasteiger partial charge in [-0.25, -0.2) is 0 Å². The molecule has 1 aliphatic rings. The maximum absolute atomic E-state index is 13.1. The van der Waals surface area contributed by atoms with Gasteiger partial charge in [0.15, 0.2) is 5.82 Å². The van der Waals surface area contributed by atoms with Crippen molar-refractivity contribution in [1.29, 1.82) is 0 Å². The highest BCUT2D eigenvalue weighted by Crippen LogP contribution is 2.32. The van der Waals surface area contributed by atoms with Gasteiger partial charge in [0.05, 0.1) is 36.2 Å². The highest BCUT2D eigenvalue weighted by molar-refractivity contribution is 5.91. The van der Waals surface area contributed by atoms with Gasteiger partial charge in [-0.2, -0.15) is 28.2 Å². The number of aromatic nitrogens is 4. The van der Waals surface area contributed by atoms with Gasteiger partial charge in [0.1, 0.15) is 11.6 Å². The van der Waals surface area contributed by atoms with Crippen molar-refractivity contribution in [2.45, 2.75) is 45.5 Å². The van der Waals surface area contributed by atoms with Crippen LogP contribution in [-0.4, -0.2) is 39.5 Å². The number of fused-ring (bicyclic) bond motifs is 1. The second kappa shape index (κ2) is 8.26. The van der Waals surface area contributed by atoms with Crippen LogP contribution in [0.25, 0.3) is 10.9 Å². The number of nitrogens with zero attached hydrogens (tertiary/aromatic N) is 4. The minimum absolute atomic E-state index is 0.117. The average molecular weight is 433 g/mol. The zero-order valence-corrected chi connectivity index (χ0v) is 17.3. The van der Waals surface area contributed by atoms with Crippen LogP contribution in [0.1, 0.15) is 41.9 Å². The Morgan fingerprint density at radius 2 is 1.97 bits per heavy atom. The molecule has 2 aromatic heterocycles. The fraction of sp³-hybridized carbons (Fsp3) is 0.429. The Bertz CT molecular complexity index is 1100. The molecule has 4 rings (SSSR count). The van der Waals surface area contributed by atoms with Crippen molar-refractivity contribution in [3.8, 4) is 6.01 Å². The lowest BCUT2D eigenvalue weighted by Crippen LogP contribution is -2.18. The smallest absolute Gasteiger partial charge is 0.416 e. The highest BCUT2D eigenvalue weighted by Gasteiger charge is 2.31. The molecule has 1 N–H and O–H groups in total. The van der Waals surface area contributed by atoms with Gasteiger partial charge >= 0.3 is 12.2 Å². The van der Waals surface area contributed by atoms with Crippen molar-refractivity contribution < 1.29 is 22.6 Å². The fourth-order valence-corrected chi connectivity index (χ4v) is 3.55. The van der Waals surface area contributed by atoms with Crippen LogP contribution in [-0.2, 0) is 10.9 Å². The van der Waals surface area contributed by atoms with Crippen molar-refractivity contribution in [3.05, 3.63) is 46.8 Å². The molecule has 10 heteroatoms. The van der Waals surface area contributed by atoms with Crippen LogP contribution in [0.15, 0.2) is 24.3 Å². The SMILES string of the molecule is Cc1nnc(N[C@H](C)c2cccc(C(F)(F)F)c2)c2nc(O[C@H]3CCOC3)nc(C)c12. The first-order valence-electron chi connectivity index (χ1n) is 9.92. The predicted octanol–water partition coefficient (Wildman–Crippen LogP) is 4.40. The van der Waals surface area contributed by atoms with Crippen molar-refractivity contribution in [1.82, 2.24) is 20.2 Å². The summed E-state index contributed by atoms with van der Waals surface area (Å²) in [5, 5.41) is 12.2. The van der Waals surface area contributed by atoms with Gasteiger partial charge < -0.3 is 14.8 Å². The molecule has 1 aromatic carbocycles. The lowest BCUT2D eigenvalue weighted by atomic mass is 10.0. The lowest BCUT2D eigenvalue weighted by Gasteiger charge is -2.18. The number of hydrogen-bond acceptors (Lipinski definition) is 7. The van der Waals surface area contributed by atoms with E-state index in [9.17, 15) is 13.2 Å². The Morgan fingerprint density at radius 3 is 2.68 bits per heavy atom. The van der Waals surface area contributed by atoms with E-state index in [0.717, 1.165) is 23.9 Å². The van der Waals surface area contributed by atoms with Crippen LogP contribution in [0.5, 0.6) is 6.01 Å². The van der Waals surface area contributed by atoms with Gasteiger partial charge in [-0.3, -0.25) is 0 Å². The van der Waals surface area contributed by atoms with Crippen molar-refractivity contribution >= 4 is 16.7 Å². The quantitative estimate of drug-likeness (QED) is 0.639. The molecule has 7 nitrogen and oxygen atoms in total. The summed E-state index contributed by atoms with van der Waals surface area (Å²) in [6, 6.07) is 4.93. The third kappa shape index (κ3) is 4.53. The van der Waals surface area contributed by atoms with Crippen LogP contribution in [0, 0.1) is 13.8 Å². The Kier molecular flexibility index (Phi) is 5.65. The summed E-state index contributed by atoms with van der Waals surface area (Å²) in [7, 11) is 0. The predicted molar refractivity (Wildman–Crippen MR) is 108 cm³/mol. The van der Waals surface area contributed by atoms with E-state index < -0.39 is 17.8 Å². The number of halogens is 3. The molecule has 1 aliphatic heterocycles. The minimum atomic E-state index is -4.41. The van der Waals surface area contributed by atoms with Gasteiger partial charge in [0.25, 0.3) is 0 Å². The Labute approximate surface area is 177 Å². The summed E-state index contributed by atoms with van der Waals surface area (Å²) >= 11 is 0. The number of anilines is 1. The Hall–Kier alpha value is -3.01. The highest BCUT2D eigenvalue weighted by atomic mass is 19.4. The van der Waals surface area contributed by atoms with Gasteiger partial charge in [0, 0.05) is 11.8 Å². The third-order valence-corrected chi connectivity index (χ3v) is 5.18. The Balaban J connectivity index is 1.68. The second-order valence-electron chi connectivity index (χ2n) is 7.54. The summed E-state index contributed by atoms with van der Waals surface area (Å²) in [4.78, 5) is 8.96. The minimum Gasteiger partial charge on any atom is -0.458 e. The van der Waals surface area contributed by atoms with Crippen LogP contribution in [0.3, 0.4) is 0 Å². The molecule has 0 saturated carbocycles. The van der Waals surface area contributed by atoms with E-state index in [1.165, 1.54) is 6.07 Å². The van der Waals surface area contributed by atoms with Gasteiger partial charge in [-0.1, -0.05) is 12.1 Å². The van der Waals surface area contributed by atoms with E-state index in [0.29, 0.717) is 41.5 Å². The van der Waals surface area contributed by atoms with E-state index in [1.54, 1.807) is 19.9 Å². The first-order valence-corrected chi connectivity index (χ1v) is 9.92. The summed E-state index contributed by atoms with van der Waals surface area (Å²) in [5.74, 6) is 0.350. The topological polar surface area (TPSA) is 82.1 Å². The molecule has 1 saturated heterocycles. The molecule has 31 heavy (non-hydrogen) atoms. The maximum atomic E-state index is 13.1. The van der Waals surface area contributed by atoms with E-state index in [2.05, 4.69) is 25.5 Å². The molecule has 3 heterocycles. The maximum Gasteiger partial charge on any atom is 0.416 e. The molecule has 164 valence electrons. The number of benzene rings is 1. The molecule has 0 aliphatic carbocycles. The van der Waals surface area contributed by atoms with Crippen LogP contribution >= 0.6 is 0 Å². The summed E-state index contributed by atoms with van der Waals surface area (Å²) in [6.07, 6.45) is -3.77. The van der Waals surface area contributed by atoms with E-state index in [-0.39, 0.29) is 12.1 Å². The van der Waals surface area contributed by atoms with E-state index in [4.69, 9.17) is 9.47 Å². The van der Waals surface area contributed by atoms with Crippen LogP contribution < -0.4 is 10.1 Å². The molecule has 3 aromatic rings. The van der Waals surface area contributed by atoms with Gasteiger partial charge in [-0.15, -0.1) is 5.10 Å². The monoisotopic (exact) mass is 433 g/mol. The first-order chi connectivity index (χ1) is 14.7. The van der Waals surface area contributed by atoms with Crippen LogP contribution in [0.2, 0.25) is 0 Å². The standard InChI is InChI=1S/C21H22F3N5O2/c1-11(14-5-4-6-15(9-14)21(22,23)24)25-19-18-17(13(3)28-29-19)12(2)26-20(27-18)31-16-7-8-30-10-16/h4-6,9,11,16H,7-8,10H2,1-3H3,(H,25,29)/t11-,16+/m1/s1. The zero-order valence-electron chi connectivity index (χ0n) is 17.3. The molecule has 2 atom stereocenters. The fourth-order valence-electron chi connectivity index (χ4n) is 3.55. The normalized spacial score (nSPS) is 17.7. The van der Waals surface area contributed by atoms with Crippen molar-refractivity contribution in [2.24, 2.45) is 0 Å². The van der Waals surface area contributed by atoms with Crippen molar-refractivity contribution in [3.63, 3.8) is 0 Å². The summed E-state index contributed by atoms with van der Waals surface area (Å²) < 4.78 is 50.4. The van der Waals surface area contributed by atoms with E-state index in [1.807, 2.05) is 6.92 Å². The molecule has 0 bridgehead atoms. The summed E-state index contributed by atoms with van der Waals surface area (Å²) in [6.45, 7) is 6.49. The Morgan fingerprint density at radius 1 is 1.16 bits per heavy atom. The second-order valence-corrected chi connectivity index (χ2v) is 7.54. The number of hydrogen-bond donors (Lipinski definition) is 1. The number of aryl methyl sites for hydroxylation is 2. The molecular formula is C21H22F3N5O2. The first kappa shape index (κ1) is 21.2. The number of ether oxygens (including phenoxy) is 2. The molecule has 0 spiro atoms. The zero-order chi connectivity index (χ0) is 22.2. The largest absolute Gasteiger partial charge is 0.458 e. The van der Waals surface area contributed by atoms with E-state index >= 15 is 0 Å².